The van der Waals surface area contributed by atoms with Crippen LogP contribution in [0.1, 0.15) is 16.7 Å². The van der Waals surface area contributed by atoms with Crippen molar-refractivity contribution in [3.63, 3.8) is 0 Å². The summed E-state index contributed by atoms with van der Waals surface area (Å²) in [4.78, 5) is 22.0. The number of nitrogens with zero attached hydrogens (tertiary/aromatic N) is 2. The third-order valence-corrected chi connectivity index (χ3v) is 6.56. The van der Waals surface area contributed by atoms with E-state index < -0.39 is 0 Å². The highest BCUT2D eigenvalue weighted by molar-refractivity contribution is 8.00. The van der Waals surface area contributed by atoms with Crippen molar-refractivity contribution < 1.29 is 13.9 Å². The maximum absolute atomic E-state index is 13.1. The van der Waals surface area contributed by atoms with E-state index in [1.165, 1.54) is 36.0 Å². The molecule has 8 heteroatoms. The number of thioether (sulfide) groups is 1. The molecule has 1 N–H and O–H groups in total. The fraction of sp³-hybridized carbons (Fsp3) is 0.115. The average molecular weight is 492 g/mol. The lowest BCUT2D eigenvalue weighted by Gasteiger charge is -2.22. The molecule has 0 unspecified atom stereocenters. The van der Waals surface area contributed by atoms with Crippen molar-refractivity contribution in [3.05, 3.63) is 94.3 Å². The highest BCUT2D eigenvalue weighted by Gasteiger charge is 2.25. The number of halogens is 2. The van der Waals surface area contributed by atoms with Gasteiger partial charge < -0.3 is 10.1 Å². The van der Waals surface area contributed by atoms with E-state index in [4.69, 9.17) is 21.3 Å². The summed E-state index contributed by atoms with van der Waals surface area (Å²) in [5.74, 6) is 1.30. The van der Waals surface area contributed by atoms with Crippen LogP contribution in [0.4, 0.5) is 10.1 Å². The Labute approximate surface area is 205 Å². The van der Waals surface area contributed by atoms with Crippen molar-refractivity contribution in [3.8, 4) is 23.0 Å². The number of aryl methyl sites for hydroxylation is 1. The van der Waals surface area contributed by atoms with E-state index in [2.05, 4.69) is 16.4 Å². The zero-order chi connectivity index (χ0) is 23.7. The quantitative estimate of drug-likeness (QED) is 0.220. The van der Waals surface area contributed by atoms with Crippen molar-refractivity contribution in [1.82, 2.24) is 9.97 Å². The lowest BCUT2D eigenvalue weighted by Crippen LogP contribution is -2.15. The second-order valence-corrected chi connectivity index (χ2v) is 9.28. The molecule has 1 aromatic heterocycles. The molecule has 170 valence electrons. The first-order chi connectivity index (χ1) is 16.4. The second kappa shape index (κ2) is 9.44. The molecule has 5 nitrogen and oxygen atoms in total. The van der Waals surface area contributed by atoms with Gasteiger partial charge in [-0.2, -0.15) is 4.98 Å². The third-order valence-electron chi connectivity index (χ3n) is 5.29. The van der Waals surface area contributed by atoms with E-state index in [9.17, 15) is 9.18 Å². The number of amides is 1. The lowest BCUT2D eigenvalue weighted by molar-refractivity contribution is -0.113. The number of hydrogen-bond donors (Lipinski definition) is 1. The molecule has 0 bridgehead atoms. The van der Waals surface area contributed by atoms with E-state index in [1.54, 1.807) is 12.1 Å². The predicted molar refractivity (Wildman–Crippen MR) is 132 cm³/mol. The SMILES string of the molecule is Cc1ccc2c(c1)Cc1c(nc(-c3ccc(Cl)cc3)nc1SCC(=O)Nc1ccc(F)cc1)O2. The predicted octanol–water partition coefficient (Wildman–Crippen LogP) is 6.67. The van der Waals surface area contributed by atoms with Crippen LogP contribution < -0.4 is 10.1 Å². The summed E-state index contributed by atoms with van der Waals surface area (Å²) in [6.07, 6.45) is 0.606. The van der Waals surface area contributed by atoms with E-state index in [0.29, 0.717) is 33.9 Å². The van der Waals surface area contributed by atoms with E-state index >= 15 is 0 Å². The monoisotopic (exact) mass is 491 g/mol. The van der Waals surface area contributed by atoms with E-state index in [0.717, 1.165) is 28.0 Å². The van der Waals surface area contributed by atoms with Crippen molar-refractivity contribution in [1.29, 1.82) is 0 Å². The van der Waals surface area contributed by atoms with Gasteiger partial charge in [0.25, 0.3) is 0 Å². The molecule has 0 saturated carbocycles. The molecule has 0 aliphatic carbocycles. The largest absolute Gasteiger partial charge is 0.438 e. The number of carbonyl (C=O) groups is 1. The van der Waals surface area contributed by atoms with E-state index in [-0.39, 0.29) is 17.5 Å². The van der Waals surface area contributed by atoms with Crippen LogP contribution in [0.25, 0.3) is 11.4 Å². The topological polar surface area (TPSA) is 64.1 Å². The molecule has 0 saturated heterocycles. The molecule has 0 atom stereocenters. The molecule has 3 aromatic carbocycles. The molecule has 1 aliphatic rings. The molecule has 5 rings (SSSR count). The number of carbonyl (C=O) groups excluding carboxylic acids is 1. The normalized spacial score (nSPS) is 11.9. The average Bonchev–Trinajstić information content (AvgIpc) is 2.83. The van der Waals surface area contributed by atoms with Gasteiger partial charge in [-0.1, -0.05) is 41.1 Å². The van der Waals surface area contributed by atoms with Crippen molar-refractivity contribution in [2.24, 2.45) is 0 Å². The fourth-order valence-corrected chi connectivity index (χ4v) is 4.58. The first kappa shape index (κ1) is 22.4. The first-order valence-electron chi connectivity index (χ1n) is 10.6. The Bertz CT molecular complexity index is 1380. The van der Waals surface area contributed by atoms with Crippen molar-refractivity contribution in [2.75, 3.05) is 11.1 Å². The van der Waals surface area contributed by atoms with Gasteiger partial charge in [0, 0.05) is 22.7 Å². The molecule has 0 fully saturated rings. The number of hydrogen-bond acceptors (Lipinski definition) is 5. The summed E-state index contributed by atoms with van der Waals surface area (Å²) in [7, 11) is 0. The molecular formula is C26H19ClFN3O2S. The lowest BCUT2D eigenvalue weighted by atomic mass is 10.0. The third kappa shape index (κ3) is 4.90. The second-order valence-electron chi connectivity index (χ2n) is 7.88. The summed E-state index contributed by atoms with van der Waals surface area (Å²) in [5, 5.41) is 4.08. The maximum Gasteiger partial charge on any atom is 0.234 e. The standard InChI is InChI=1S/C26H19ClFN3O2S/c1-15-2-11-22-17(12-15)13-21-25(33-22)30-24(16-3-5-18(27)6-4-16)31-26(21)34-14-23(32)29-20-9-7-19(28)8-10-20/h2-12H,13-14H2,1H3,(H,29,32). The molecule has 2 heterocycles. The van der Waals surface area contributed by atoms with Crippen LogP contribution in [0.15, 0.2) is 71.8 Å². The Morgan fingerprint density at radius 3 is 2.62 bits per heavy atom. The maximum atomic E-state index is 13.1. The van der Waals surface area contributed by atoms with Gasteiger partial charge in [-0.05, 0) is 67.1 Å². The van der Waals surface area contributed by atoms with Crippen LogP contribution in [-0.2, 0) is 11.2 Å². The van der Waals surface area contributed by atoms with Crippen molar-refractivity contribution >= 4 is 35.0 Å². The van der Waals surface area contributed by atoms with Crippen molar-refractivity contribution in [2.45, 2.75) is 18.4 Å². The minimum Gasteiger partial charge on any atom is -0.438 e. The van der Waals surface area contributed by atoms with Crippen LogP contribution in [-0.4, -0.2) is 21.6 Å². The minimum absolute atomic E-state index is 0.127. The molecule has 0 radical (unpaired) electrons. The van der Waals surface area contributed by atoms with Gasteiger partial charge in [-0.15, -0.1) is 0 Å². The smallest absolute Gasteiger partial charge is 0.234 e. The highest BCUT2D eigenvalue weighted by atomic mass is 35.5. The number of aromatic nitrogens is 2. The Morgan fingerprint density at radius 2 is 1.85 bits per heavy atom. The first-order valence-corrected chi connectivity index (χ1v) is 11.9. The molecular weight excluding hydrogens is 473 g/mol. The molecule has 1 aliphatic heterocycles. The van der Waals surface area contributed by atoms with Crippen LogP contribution in [0.2, 0.25) is 5.02 Å². The van der Waals surface area contributed by atoms with Gasteiger partial charge >= 0.3 is 0 Å². The van der Waals surface area contributed by atoms with Gasteiger partial charge in [-0.25, -0.2) is 9.37 Å². The molecule has 1 amide bonds. The Kier molecular flexibility index (Phi) is 6.22. The van der Waals surface area contributed by atoms with Gasteiger partial charge in [0.05, 0.1) is 11.3 Å². The van der Waals surface area contributed by atoms with Crippen LogP contribution in [0.5, 0.6) is 11.6 Å². The number of fused-ring (bicyclic) bond motifs is 2. The Hall–Kier alpha value is -3.42. The number of ether oxygens (including phenoxy) is 1. The summed E-state index contributed by atoms with van der Waals surface area (Å²) >= 11 is 7.35. The Morgan fingerprint density at radius 1 is 1.09 bits per heavy atom. The zero-order valence-electron chi connectivity index (χ0n) is 18.1. The molecule has 34 heavy (non-hydrogen) atoms. The minimum atomic E-state index is -0.356. The highest BCUT2D eigenvalue weighted by Crippen LogP contribution is 2.40. The van der Waals surface area contributed by atoms with Gasteiger partial charge in [0.1, 0.15) is 16.6 Å². The number of rotatable bonds is 5. The fourth-order valence-electron chi connectivity index (χ4n) is 3.63. The van der Waals surface area contributed by atoms with Gasteiger partial charge in [-0.3, -0.25) is 4.79 Å². The summed E-state index contributed by atoms with van der Waals surface area (Å²) < 4.78 is 19.3. The number of nitrogens with one attached hydrogen (secondary N) is 1. The van der Waals surface area contributed by atoms with Gasteiger partial charge in [0.15, 0.2) is 5.82 Å². The zero-order valence-corrected chi connectivity index (χ0v) is 19.7. The molecule has 4 aromatic rings. The summed E-state index contributed by atoms with van der Waals surface area (Å²) in [6.45, 7) is 2.03. The number of benzene rings is 3. The van der Waals surface area contributed by atoms with Crippen LogP contribution in [0, 0.1) is 12.7 Å². The number of anilines is 1. The van der Waals surface area contributed by atoms with Crippen LogP contribution >= 0.6 is 23.4 Å². The van der Waals surface area contributed by atoms with Crippen LogP contribution in [0.3, 0.4) is 0 Å². The van der Waals surface area contributed by atoms with Gasteiger partial charge in [0.2, 0.25) is 11.8 Å². The molecule has 0 spiro atoms. The summed E-state index contributed by atoms with van der Waals surface area (Å²) in [5.41, 5.74) is 4.36. The summed E-state index contributed by atoms with van der Waals surface area (Å²) in [6, 6.07) is 18.9. The Balaban J connectivity index is 1.44. The van der Waals surface area contributed by atoms with E-state index in [1.807, 2.05) is 31.2 Å².